The standard InChI is InChI=1S/C16H15N3O/c17-8-11-3-1-4-12(7-11)14-6-2-5-13-9-18-10-15(20)19-16(13)14/h1-7,9H,8,10,17H2,(H,19,20). The molecule has 1 aliphatic rings. The molecule has 4 nitrogen and oxygen atoms in total. The summed E-state index contributed by atoms with van der Waals surface area (Å²) in [7, 11) is 0. The van der Waals surface area contributed by atoms with Crippen LogP contribution in [0.1, 0.15) is 11.1 Å². The molecule has 0 saturated heterocycles. The summed E-state index contributed by atoms with van der Waals surface area (Å²) in [5.41, 5.74) is 10.5. The monoisotopic (exact) mass is 265 g/mol. The minimum Gasteiger partial charge on any atom is -0.326 e. The third kappa shape index (κ3) is 2.33. The summed E-state index contributed by atoms with van der Waals surface area (Å²) in [5.74, 6) is -0.0950. The number of hydrogen-bond acceptors (Lipinski definition) is 3. The molecule has 0 aliphatic carbocycles. The zero-order valence-corrected chi connectivity index (χ0v) is 11.0. The Morgan fingerprint density at radius 1 is 1.20 bits per heavy atom. The Labute approximate surface area is 117 Å². The molecule has 0 fully saturated rings. The van der Waals surface area contributed by atoms with E-state index in [2.05, 4.69) is 10.3 Å². The molecule has 0 radical (unpaired) electrons. The van der Waals surface area contributed by atoms with Crippen LogP contribution in [0.4, 0.5) is 5.69 Å². The molecule has 2 aromatic rings. The molecule has 0 spiro atoms. The first-order valence-corrected chi connectivity index (χ1v) is 6.50. The lowest BCUT2D eigenvalue weighted by Crippen LogP contribution is -2.14. The number of aliphatic imine (C=N–C) groups is 1. The highest BCUT2D eigenvalue weighted by Gasteiger charge is 2.14. The number of hydrogen-bond donors (Lipinski definition) is 2. The fraction of sp³-hybridized carbons (Fsp3) is 0.125. The van der Waals surface area contributed by atoms with Crippen LogP contribution >= 0.6 is 0 Å². The quantitative estimate of drug-likeness (QED) is 0.874. The highest BCUT2D eigenvalue weighted by atomic mass is 16.1. The number of nitrogens with one attached hydrogen (secondary N) is 1. The molecule has 0 atom stereocenters. The zero-order chi connectivity index (χ0) is 13.9. The average Bonchev–Trinajstić information content (AvgIpc) is 2.67. The number of para-hydroxylation sites is 1. The number of nitrogens with two attached hydrogens (primary N) is 1. The van der Waals surface area contributed by atoms with Crippen LogP contribution in [-0.4, -0.2) is 18.7 Å². The van der Waals surface area contributed by atoms with Gasteiger partial charge in [0.15, 0.2) is 0 Å². The molecule has 0 bridgehead atoms. The summed E-state index contributed by atoms with van der Waals surface area (Å²) in [6, 6.07) is 13.9. The Balaban J connectivity index is 2.15. The number of amides is 1. The molecular weight excluding hydrogens is 250 g/mol. The van der Waals surface area contributed by atoms with Crippen molar-refractivity contribution in [1.29, 1.82) is 0 Å². The normalized spacial score (nSPS) is 13.6. The molecule has 100 valence electrons. The summed E-state index contributed by atoms with van der Waals surface area (Å²) >= 11 is 0. The molecule has 0 unspecified atom stereocenters. The van der Waals surface area contributed by atoms with Gasteiger partial charge in [0.2, 0.25) is 5.91 Å². The highest BCUT2D eigenvalue weighted by Crippen LogP contribution is 2.31. The van der Waals surface area contributed by atoms with E-state index in [1.54, 1.807) is 6.21 Å². The van der Waals surface area contributed by atoms with Gasteiger partial charge in [0.1, 0.15) is 6.54 Å². The summed E-state index contributed by atoms with van der Waals surface area (Å²) in [6.45, 7) is 0.660. The number of fused-ring (bicyclic) bond motifs is 1. The lowest BCUT2D eigenvalue weighted by molar-refractivity contribution is -0.114. The van der Waals surface area contributed by atoms with E-state index < -0.39 is 0 Å². The third-order valence-electron chi connectivity index (χ3n) is 3.30. The SMILES string of the molecule is NCc1cccc(-c2cccc3c2NC(=O)CN=C3)c1. The van der Waals surface area contributed by atoms with Gasteiger partial charge in [-0.3, -0.25) is 9.79 Å². The van der Waals surface area contributed by atoms with E-state index in [0.717, 1.165) is 27.9 Å². The molecule has 2 aromatic carbocycles. The van der Waals surface area contributed by atoms with Crippen LogP contribution in [0.3, 0.4) is 0 Å². The Kier molecular flexibility index (Phi) is 3.31. The molecule has 0 saturated carbocycles. The van der Waals surface area contributed by atoms with Crippen LogP contribution in [0.2, 0.25) is 0 Å². The van der Waals surface area contributed by atoms with Gasteiger partial charge in [-0.25, -0.2) is 0 Å². The van der Waals surface area contributed by atoms with Crippen molar-refractivity contribution in [2.45, 2.75) is 6.54 Å². The third-order valence-corrected chi connectivity index (χ3v) is 3.30. The lowest BCUT2D eigenvalue weighted by Gasteiger charge is -2.13. The first-order valence-electron chi connectivity index (χ1n) is 6.50. The zero-order valence-electron chi connectivity index (χ0n) is 11.0. The van der Waals surface area contributed by atoms with Gasteiger partial charge in [0.05, 0.1) is 5.69 Å². The van der Waals surface area contributed by atoms with Crippen molar-refractivity contribution in [3.8, 4) is 11.1 Å². The average molecular weight is 265 g/mol. The van der Waals surface area contributed by atoms with Crippen LogP contribution in [0.25, 0.3) is 11.1 Å². The van der Waals surface area contributed by atoms with Crippen LogP contribution in [0.15, 0.2) is 47.5 Å². The Morgan fingerprint density at radius 2 is 2.05 bits per heavy atom. The van der Waals surface area contributed by atoms with Crippen LogP contribution in [0, 0.1) is 0 Å². The van der Waals surface area contributed by atoms with Gasteiger partial charge in [-0.05, 0) is 17.2 Å². The van der Waals surface area contributed by atoms with Gasteiger partial charge in [-0.1, -0.05) is 36.4 Å². The van der Waals surface area contributed by atoms with Gasteiger partial charge in [-0.15, -0.1) is 0 Å². The maximum Gasteiger partial charge on any atom is 0.246 e. The second-order valence-electron chi connectivity index (χ2n) is 4.69. The smallest absolute Gasteiger partial charge is 0.246 e. The van der Waals surface area contributed by atoms with Gasteiger partial charge >= 0.3 is 0 Å². The number of carbonyl (C=O) groups is 1. The van der Waals surface area contributed by atoms with Gasteiger partial charge in [0.25, 0.3) is 0 Å². The van der Waals surface area contributed by atoms with Gasteiger partial charge < -0.3 is 11.1 Å². The van der Waals surface area contributed by atoms with E-state index in [1.807, 2.05) is 42.5 Å². The summed E-state index contributed by atoms with van der Waals surface area (Å²) in [4.78, 5) is 15.8. The minimum absolute atomic E-state index is 0.0950. The molecule has 20 heavy (non-hydrogen) atoms. The van der Waals surface area contributed by atoms with Gasteiger partial charge in [0, 0.05) is 23.9 Å². The lowest BCUT2D eigenvalue weighted by atomic mass is 9.98. The molecule has 1 amide bonds. The van der Waals surface area contributed by atoms with E-state index in [4.69, 9.17) is 5.73 Å². The first-order chi connectivity index (χ1) is 9.78. The summed E-state index contributed by atoms with van der Waals surface area (Å²) in [5, 5.41) is 2.93. The second-order valence-corrected chi connectivity index (χ2v) is 4.69. The summed E-state index contributed by atoms with van der Waals surface area (Å²) in [6.07, 6.45) is 1.74. The largest absolute Gasteiger partial charge is 0.326 e. The van der Waals surface area contributed by atoms with Crippen molar-refractivity contribution >= 4 is 17.8 Å². The Bertz CT molecular complexity index is 692. The van der Waals surface area contributed by atoms with E-state index in [-0.39, 0.29) is 12.5 Å². The van der Waals surface area contributed by atoms with Crippen molar-refractivity contribution < 1.29 is 4.79 Å². The van der Waals surface area contributed by atoms with Crippen LogP contribution < -0.4 is 11.1 Å². The van der Waals surface area contributed by atoms with E-state index in [1.165, 1.54) is 0 Å². The molecule has 1 aliphatic heterocycles. The summed E-state index contributed by atoms with van der Waals surface area (Å²) < 4.78 is 0. The number of benzodiazepines with no additional fused rings is 1. The van der Waals surface area contributed by atoms with Crippen LogP contribution in [-0.2, 0) is 11.3 Å². The van der Waals surface area contributed by atoms with E-state index in [9.17, 15) is 4.79 Å². The van der Waals surface area contributed by atoms with E-state index in [0.29, 0.717) is 6.54 Å². The van der Waals surface area contributed by atoms with Crippen molar-refractivity contribution in [2.75, 3.05) is 11.9 Å². The Morgan fingerprint density at radius 3 is 2.90 bits per heavy atom. The van der Waals surface area contributed by atoms with E-state index >= 15 is 0 Å². The predicted octanol–water partition coefficient (Wildman–Crippen LogP) is 2.18. The number of nitrogens with zero attached hydrogens (tertiary/aromatic N) is 1. The predicted molar refractivity (Wildman–Crippen MR) is 80.9 cm³/mol. The number of rotatable bonds is 2. The molecule has 1 heterocycles. The topological polar surface area (TPSA) is 67.5 Å². The fourth-order valence-electron chi connectivity index (χ4n) is 2.33. The second kappa shape index (κ2) is 5.27. The van der Waals surface area contributed by atoms with Crippen molar-refractivity contribution in [3.05, 3.63) is 53.6 Å². The maximum absolute atomic E-state index is 11.7. The molecule has 3 N–H and O–H groups in total. The molecule has 0 aromatic heterocycles. The Hall–Kier alpha value is -2.46. The molecule has 4 heteroatoms. The molecule has 3 rings (SSSR count). The van der Waals surface area contributed by atoms with Crippen molar-refractivity contribution in [2.24, 2.45) is 10.7 Å². The number of anilines is 1. The van der Waals surface area contributed by atoms with Gasteiger partial charge in [-0.2, -0.15) is 0 Å². The number of benzene rings is 2. The first kappa shape index (κ1) is 12.6. The van der Waals surface area contributed by atoms with Crippen LogP contribution in [0.5, 0.6) is 0 Å². The number of carbonyl (C=O) groups excluding carboxylic acids is 1. The maximum atomic E-state index is 11.7. The minimum atomic E-state index is -0.0950. The van der Waals surface area contributed by atoms with Crippen molar-refractivity contribution in [1.82, 2.24) is 0 Å². The van der Waals surface area contributed by atoms with Crippen molar-refractivity contribution in [3.63, 3.8) is 0 Å². The highest BCUT2D eigenvalue weighted by molar-refractivity contribution is 6.06. The fourth-order valence-corrected chi connectivity index (χ4v) is 2.33. The molecular formula is C16H15N3O.